The van der Waals surface area contributed by atoms with Gasteiger partial charge in [-0.05, 0) is 78.7 Å². The van der Waals surface area contributed by atoms with E-state index in [0.717, 1.165) is 44.0 Å². The number of likely N-dealkylation sites (tertiary alicyclic amines) is 2. The number of hydrogen-bond donors (Lipinski definition) is 0. The Balaban J connectivity index is 1.10. The summed E-state index contributed by atoms with van der Waals surface area (Å²) in [5, 5.41) is 11.0. The summed E-state index contributed by atoms with van der Waals surface area (Å²) < 4.78 is 21.0. The molecule has 164 valence electrons. The zero-order valence-electron chi connectivity index (χ0n) is 17.5. The maximum atomic E-state index is 14.5. The predicted molar refractivity (Wildman–Crippen MR) is 111 cm³/mol. The Labute approximate surface area is 180 Å². The Morgan fingerprint density at radius 2 is 1.87 bits per heavy atom. The molecule has 3 aliphatic rings. The fraction of sp³-hybridized carbons (Fsp3) is 0.545. The van der Waals surface area contributed by atoms with Gasteiger partial charge in [-0.25, -0.2) is 13.9 Å². The molecule has 0 bridgehead atoms. The monoisotopic (exact) mass is 426 g/mol. The first-order chi connectivity index (χ1) is 15.1. The van der Waals surface area contributed by atoms with Crippen molar-refractivity contribution in [2.45, 2.75) is 32.1 Å². The summed E-state index contributed by atoms with van der Waals surface area (Å²) in [4.78, 5) is 16.1. The molecule has 4 heterocycles. The van der Waals surface area contributed by atoms with Gasteiger partial charge in [-0.1, -0.05) is 6.07 Å². The summed E-state index contributed by atoms with van der Waals surface area (Å²) in [7, 11) is 0. The van der Waals surface area contributed by atoms with Crippen LogP contribution < -0.4 is 0 Å². The summed E-state index contributed by atoms with van der Waals surface area (Å²) in [6, 6.07) is 5.18. The third-order valence-corrected chi connectivity index (χ3v) is 7.14. The van der Waals surface area contributed by atoms with Crippen molar-refractivity contribution in [2.24, 2.45) is 5.41 Å². The molecule has 2 aromatic rings. The molecule has 0 saturated carbocycles. The maximum absolute atomic E-state index is 14.5. The van der Waals surface area contributed by atoms with E-state index in [9.17, 15) is 9.18 Å². The number of ether oxygens (including phenoxy) is 1. The van der Waals surface area contributed by atoms with Gasteiger partial charge in [0.15, 0.2) is 0 Å². The third-order valence-electron chi connectivity index (χ3n) is 7.14. The van der Waals surface area contributed by atoms with Gasteiger partial charge in [-0.3, -0.25) is 0 Å². The first kappa shape index (κ1) is 20.1. The van der Waals surface area contributed by atoms with Crippen LogP contribution in [0.3, 0.4) is 0 Å². The van der Waals surface area contributed by atoms with E-state index in [0.29, 0.717) is 24.1 Å². The minimum absolute atomic E-state index is 0.211. The predicted octanol–water partition coefficient (Wildman–Crippen LogP) is 1.96. The van der Waals surface area contributed by atoms with Crippen molar-refractivity contribution in [3.8, 4) is 5.69 Å². The van der Waals surface area contributed by atoms with E-state index >= 15 is 0 Å². The van der Waals surface area contributed by atoms with Crippen molar-refractivity contribution in [2.75, 3.05) is 39.3 Å². The highest BCUT2D eigenvalue weighted by Crippen LogP contribution is 2.42. The lowest BCUT2D eigenvalue weighted by molar-refractivity contribution is -0.135. The number of halogens is 1. The Hall–Kier alpha value is -2.81. The molecule has 0 aliphatic carbocycles. The number of cyclic esters (lactones) is 1. The minimum Gasteiger partial charge on any atom is -0.456 e. The molecule has 8 nitrogen and oxygen atoms in total. The minimum atomic E-state index is -0.218. The maximum Gasteiger partial charge on any atom is 0.333 e. The Morgan fingerprint density at radius 3 is 2.52 bits per heavy atom. The van der Waals surface area contributed by atoms with Gasteiger partial charge in [0, 0.05) is 25.7 Å². The smallest absolute Gasteiger partial charge is 0.333 e. The van der Waals surface area contributed by atoms with E-state index in [-0.39, 0.29) is 11.8 Å². The van der Waals surface area contributed by atoms with Crippen LogP contribution in [0.5, 0.6) is 0 Å². The van der Waals surface area contributed by atoms with Gasteiger partial charge in [-0.2, -0.15) is 0 Å². The lowest BCUT2D eigenvalue weighted by atomic mass is 9.71. The van der Waals surface area contributed by atoms with E-state index in [4.69, 9.17) is 4.74 Å². The molecule has 3 aliphatic heterocycles. The summed E-state index contributed by atoms with van der Waals surface area (Å²) >= 11 is 0. The largest absolute Gasteiger partial charge is 0.456 e. The highest BCUT2D eigenvalue weighted by atomic mass is 19.1. The van der Waals surface area contributed by atoms with Crippen LogP contribution in [0.4, 0.5) is 4.39 Å². The topological polar surface area (TPSA) is 76.4 Å². The first-order valence-electron chi connectivity index (χ1n) is 11.0. The highest BCUT2D eigenvalue weighted by molar-refractivity contribution is 5.85. The van der Waals surface area contributed by atoms with E-state index in [1.165, 1.54) is 42.8 Å². The second kappa shape index (κ2) is 8.37. The molecule has 1 aromatic carbocycles. The van der Waals surface area contributed by atoms with Crippen LogP contribution in [0.25, 0.3) is 5.69 Å². The molecule has 1 spiro atoms. The van der Waals surface area contributed by atoms with Crippen molar-refractivity contribution in [1.29, 1.82) is 0 Å². The van der Waals surface area contributed by atoms with Gasteiger partial charge in [0.2, 0.25) is 0 Å². The number of tetrazole rings is 1. The molecule has 1 aromatic heterocycles. The quantitative estimate of drug-likeness (QED) is 0.677. The van der Waals surface area contributed by atoms with Crippen LogP contribution in [-0.2, 0) is 16.0 Å². The zero-order chi connectivity index (χ0) is 21.3. The number of carbonyl (C=O) groups is 1. The summed E-state index contributed by atoms with van der Waals surface area (Å²) in [5.41, 5.74) is 2.80. The normalized spacial score (nSPS) is 21.4. The van der Waals surface area contributed by atoms with Crippen LogP contribution in [0.15, 0.2) is 36.3 Å². The fourth-order valence-corrected chi connectivity index (χ4v) is 5.01. The van der Waals surface area contributed by atoms with Crippen molar-refractivity contribution in [3.63, 3.8) is 0 Å². The second-order valence-corrected chi connectivity index (χ2v) is 8.85. The van der Waals surface area contributed by atoms with Crippen LogP contribution in [0.1, 0.15) is 31.2 Å². The summed E-state index contributed by atoms with van der Waals surface area (Å²) in [6.45, 7) is 5.43. The van der Waals surface area contributed by atoms with Crippen molar-refractivity contribution >= 4 is 5.97 Å². The zero-order valence-corrected chi connectivity index (χ0v) is 17.5. The van der Waals surface area contributed by atoms with Crippen LogP contribution in [-0.4, -0.2) is 75.3 Å². The van der Waals surface area contributed by atoms with Crippen molar-refractivity contribution in [1.82, 2.24) is 30.0 Å². The number of carbonyl (C=O) groups excluding carboxylic acids is 1. The number of nitrogens with zero attached hydrogens (tertiary/aromatic N) is 6. The van der Waals surface area contributed by atoms with Gasteiger partial charge in [0.05, 0.1) is 11.4 Å². The Bertz CT molecular complexity index is 958. The lowest BCUT2D eigenvalue weighted by Gasteiger charge is -2.47. The Kier molecular flexibility index (Phi) is 5.43. The lowest BCUT2D eigenvalue weighted by Crippen LogP contribution is -2.47. The molecule has 5 rings (SSSR count). The molecule has 0 N–H and O–H groups in total. The molecule has 31 heavy (non-hydrogen) atoms. The van der Waals surface area contributed by atoms with Crippen molar-refractivity contribution in [3.05, 3.63) is 47.7 Å². The van der Waals surface area contributed by atoms with Crippen LogP contribution in [0, 0.1) is 11.2 Å². The molecule has 9 heteroatoms. The molecular formula is C22H27FN6O2. The van der Waals surface area contributed by atoms with Crippen LogP contribution in [0.2, 0.25) is 0 Å². The van der Waals surface area contributed by atoms with Gasteiger partial charge in [0.25, 0.3) is 0 Å². The van der Waals surface area contributed by atoms with Crippen LogP contribution >= 0.6 is 0 Å². The Morgan fingerprint density at radius 1 is 1.10 bits per heavy atom. The number of rotatable bonds is 5. The van der Waals surface area contributed by atoms with Gasteiger partial charge in [0.1, 0.15) is 18.8 Å². The summed E-state index contributed by atoms with van der Waals surface area (Å²) in [5.74, 6) is -0.428. The molecule has 0 atom stereocenters. The highest BCUT2D eigenvalue weighted by Gasteiger charge is 2.38. The molecular weight excluding hydrogens is 399 g/mol. The number of piperidine rings is 2. The molecule has 2 fully saturated rings. The fourth-order valence-electron chi connectivity index (χ4n) is 5.01. The first-order valence-corrected chi connectivity index (χ1v) is 11.0. The van der Waals surface area contributed by atoms with Gasteiger partial charge in [-0.15, -0.1) is 5.10 Å². The molecule has 0 unspecified atom stereocenters. The standard InChI is InChI=1S/C22H27FN6O2/c23-20-13-18(29-16-24-25-26-29)2-1-17(20)3-8-27-9-4-22(5-10-27)6-11-28(12-7-22)19-14-21(30)31-15-19/h1-2,13-14,16H,3-12,15H2. The second-order valence-electron chi connectivity index (χ2n) is 8.85. The number of hydrogen-bond acceptors (Lipinski definition) is 7. The average Bonchev–Trinajstić information content (AvgIpc) is 3.47. The van der Waals surface area contributed by atoms with E-state index < -0.39 is 0 Å². The third kappa shape index (κ3) is 4.32. The molecule has 0 amide bonds. The number of aromatic nitrogens is 4. The SMILES string of the molecule is O=C1C=C(N2CCC3(CCN(CCc4ccc(-n5cnnn5)cc4F)CC3)CC2)CO1. The average molecular weight is 426 g/mol. The van der Waals surface area contributed by atoms with Crippen molar-refractivity contribution < 1.29 is 13.9 Å². The number of benzene rings is 1. The number of esters is 1. The van der Waals surface area contributed by atoms with Gasteiger partial charge >= 0.3 is 5.97 Å². The van der Waals surface area contributed by atoms with E-state index in [1.54, 1.807) is 6.08 Å². The summed E-state index contributed by atoms with van der Waals surface area (Å²) in [6.07, 6.45) is 8.51. The van der Waals surface area contributed by atoms with Gasteiger partial charge < -0.3 is 14.5 Å². The molecule has 0 radical (unpaired) electrons. The molecule has 2 saturated heterocycles. The van der Waals surface area contributed by atoms with E-state index in [1.807, 2.05) is 12.1 Å². The van der Waals surface area contributed by atoms with E-state index in [2.05, 4.69) is 25.3 Å².